The van der Waals surface area contributed by atoms with E-state index in [0.29, 0.717) is 34.1 Å². The highest BCUT2D eigenvalue weighted by Crippen LogP contribution is 2.41. The molecule has 0 radical (unpaired) electrons. The number of aromatic nitrogens is 4. The first kappa shape index (κ1) is 19.3. The topological polar surface area (TPSA) is 43.6 Å². The van der Waals surface area contributed by atoms with Gasteiger partial charge in [-0.3, -0.25) is 4.68 Å². The van der Waals surface area contributed by atoms with E-state index in [-0.39, 0.29) is 7.92 Å². The van der Waals surface area contributed by atoms with Gasteiger partial charge in [0.2, 0.25) is 0 Å². The summed E-state index contributed by atoms with van der Waals surface area (Å²) in [5, 5.41) is 4.63. The van der Waals surface area contributed by atoms with E-state index in [2.05, 4.69) is 21.7 Å². The minimum atomic E-state index is -4.36. The SMILES string of the molecule is Cc1cc(C(F)(F)F)cc(C)c1-c1cnc2cn(C3CCP(C)CC3)nc2n1. The van der Waals surface area contributed by atoms with Crippen molar-refractivity contribution in [1.82, 2.24) is 19.7 Å². The molecule has 28 heavy (non-hydrogen) atoms. The molecule has 1 saturated heterocycles. The standard InChI is InChI=1S/C20H22F3N4P/c1-12-8-14(20(21,22)23)9-13(2)18(12)16-10-24-17-11-27(26-19(17)25-16)15-4-6-28(3)7-5-15/h8-11,15H,4-7H2,1-3H3. The Morgan fingerprint density at radius 3 is 2.36 bits per heavy atom. The summed E-state index contributed by atoms with van der Waals surface area (Å²) in [6.45, 7) is 5.69. The maximum Gasteiger partial charge on any atom is 0.416 e. The Morgan fingerprint density at radius 1 is 1.11 bits per heavy atom. The maximum absolute atomic E-state index is 13.1. The van der Waals surface area contributed by atoms with Crippen LogP contribution < -0.4 is 0 Å². The van der Waals surface area contributed by atoms with Gasteiger partial charge in [-0.25, -0.2) is 9.97 Å². The molecule has 4 nitrogen and oxygen atoms in total. The molecular formula is C20H22F3N4P. The second kappa shape index (κ2) is 7.11. The van der Waals surface area contributed by atoms with Gasteiger partial charge in [-0.1, -0.05) is 0 Å². The van der Waals surface area contributed by atoms with Gasteiger partial charge < -0.3 is 0 Å². The Kier molecular flexibility index (Phi) is 4.90. The average molecular weight is 406 g/mol. The summed E-state index contributed by atoms with van der Waals surface area (Å²) in [5.41, 5.74) is 2.93. The zero-order valence-electron chi connectivity index (χ0n) is 16.1. The quantitative estimate of drug-likeness (QED) is 0.522. The number of halogens is 3. The van der Waals surface area contributed by atoms with Gasteiger partial charge >= 0.3 is 6.18 Å². The average Bonchev–Trinajstić information content (AvgIpc) is 3.04. The van der Waals surface area contributed by atoms with Crippen molar-refractivity contribution in [2.75, 3.05) is 19.0 Å². The molecule has 1 fully saturated rings. The molecule has 0 atom stereocenters. The van der Waals surface area contributed by atoms with Crippen molar-refractivity contribution in [3.63, 3.8) is 0 Å². The molecule has 1 aliphatic heterocycles. The molecule has 0 spiro atoms. The lowest BCUT2D eigenvalue weighted by Gasteiger charge is -2.26. The number of fused-ring (bicyclic) bond motifs is 1. The maximum atomic E-state index is 13.1. The molecule has 0 saturated carbocycles. The van der Waals surface area contributed by atoms with Crippen molar-refractivity contribution in [2.45, 2.75) is 38.9 Å². The monoisotopic (exact) mass is 406 g/mol. The molecule has 1 aromatic carbocycles. The van der Waals surface area contributed by atoms with E-state index < -0.39 is 11.7 Å². The fourth-order valence-electron chi connectivity index (χ4n) is 3.92. The minimum absolute atomic E-state index is 0.161. The van der Waals surface area contributed by atoms with E-state index in [4.69, 9.17) is 0 Å². The summed E-state index contributed by atoms with van der Waals surface area (Å²) < 4.78 is 41.1. The van der Waals surface area contributed by atoms with E-state index in [9.17, 15) is 13.2 Å². The predicted molar refractivity (Wildman–Crippen MR) is 106 cm³/mol. The van der Waals surface area contributed by atoms with E-state index >= 15 is 0 Å². The summed E-state index contributed by atoms with van der Waals surface area (Å²) in [5.74, 6) is 0. The summed E-state index contributed by atoms with van der Waals surface area (Å²) in [6.07, 6.45) is 3.97. The minimum Gasteiger partial charge on any atom is -0.265 e. The van der Waals surface area contributed by atoms with Gasteiger partial charge in [0.25, 0.3) is 0 Å². The first-order valence-electron chi connectivity index (χ1n) is 9.31. The Balaban J connectivity index is 1.70. The summed E-state index contributed by atoms with van der Waals surface area (Å²) >= 11 is 0. The largest absolute Gasteiger partial charge is 0.416 e. The van der Waals surface area contributed by atoms with Crippen molar-refractivity contribution in [2.24, 2.45) is 0 Å². The zero-order chi connectivity index (χ0) is 20.1. The molecule has 0 bridgehead atoms. The second-order valence-electron chi connectivity index (χ2n) is 7.59. The third-order valence-corrected chi connectivity index (χ3v) is 7.47. The Bertz CT molecular complexity index is 997. The highest BCUT2D eigenvalue weighted by molar-refractivity contribution is 7.56. The van der Waals surface area contributed by atoms with Crippen LogP contribution in [0.15, 0.2) is 24.5 Å². The van der Waals surface area contributed by atoms with E-state index in [1.807, 2.05) is 10.9 Å². The van der Waals surface area contributed by atoms with Gasteiger partial charge in [-0.05, 0) is 68.9 Å². The summed E-state index contributed by atoms with van der Waals surface area (Å²) in [7, 11) is 0.161. The van der Waals surface area contributed by atoms with Crippen LogP contribution in [0.4, 0.5) is 13.2 Å². The Labute approximate surface area is 162 Å². The molecule has 148 valence electrons. The van der Waals surface area contributed by atoms with Crippen molar-refractivity contribution in [1.29, 1.82) is 0 Å². The number of rotatable bonds is 2. The molecule has 3 aromatic rings. The number of nitrogens with zero attached hydrogens (tertiary/aromatic N) is 4. The third kappa shape index (κ3) is 3.64. The van der Waals surface area contributed by atoms with Crippen molar-refractivity contribution < 1.29 is 13.2 Å². The van der Waals surface area contributed by atoms with E-state index in [1.54, 1.807) is 20.0 Å². The molecule has 0 N–H and O–H groups in total. The van der Waals surface area contributed by atoms with Crippen LogP contribution in [-0.4, -0.2) is 38.7 Å². The van der Waals surface area contributed by atoms with Crippen LogP contribution in [0.2, 0.25) is 0 Å². The second-order valence-corrected chi connectivity index (χ2v) is 10.2. The molecule has 1 aliphatic rings. The van der Waals surface area contributed by atoms with Crippen LogP contribution >= 0.6 is 7.92 Å². The lowest BCUT2D eigenvalue weighted by molar-refractivity contribution is -0.137. The normalized spacial score (nSPS) is 20.6. The highest BCUT2D eigenvalue weighted by atomic mass is 31.1. The number of benzene rings is 1. The van der Waals surface area contributed by atoms with Crippen LogP contribution in [0.5, 0.6) is 0 Å². The smallest absolute Gasteiger partial charge is 0.265 e. The molecule has 0 unspecified atom stereocenters. The van der Waals surface area contributed by atoms with Crippen molar-refractivity contribution in [3.8, 4) is 11.3 Å². The van der Waals surface area contributed by atoms with Crippen molar-refractivity contribution in [3.05, 3.63) is 41.2 Å². The van der Waals surface area contributed by atoms with Crippen LogP contribution in [0.25, 0.3) is 22.4 Å². The number of hydrogen-bond acceptors (Lipinski definition) is 3. The first-order chi connectivity index (χ1) is 13.2. The number of alkyl halides is 3. The van der Waals surface area contributed by atoms with Gasteiger partial charge in [-0.2, -0.15) is 18.3 Å². The molecular weight excluding hydrogens is 384 g/mol. The predicted octanol–water partition coefficient (Wildman–Crippen LogP) is 5.58. The number of hydrogen-bond donors (Lipinski definition) is 0. The van der Waals surface area contributed by atoms with Crippen LogP contribution in [0.1, 0.15) is 35.6 Å². The van der Waals surface area contributed by atoms with Crippen LogP contribution in [0.3, 0.4) is 0 Å². The van der Waals surface area contributed by atoms with Crippen LogP contribution in [-0.2, 0) is 6.18 Å². The van der Waals surface area contributed by atoms with Gasteiger partial charge in [-0.15, -0.1) is 7.92 Å². The van der Waals surface area contributed by atoms with E-state index in [1.165, 1.54) is 12.3 Å². The molecule has 2 aromatic heterocycles. The Hall–Kier alpha value is -2.01. The van der Waals surface area contributed by atoms with Gasteiger partial charge in [0.15, 0.2) is 5.65 Å². The zero-order valence-corrected chi connectivity index (χ0v) is 17.0. The van der Waals surface area contributed by atoms with E-state index in [0.717, 1.165) is 30.5 Å². The first-order valence-corrected chi connectivity index (χ1v) is 11.5. The van der Waals surface area contributed by atoms with Gasteiger partial charge in [0.1, 0.15) is 5.52 Å². The van der Waals surface area contributed by atoms with Crippen molar-refractivity contribution >= 4 is 19.1 Å². The Morgan fingerprint density at radius 2 is 1.75 bits per heavy atom. The lowest BCUT2D eigenvalue weighted by Crippen LogP contribution is -2.16. The lowest BCUT2D eigenvalue weighted by atomic mass is 9.97. The van der Waals surface area contributed by atoms with Gasteiger partial charge in [0.05, 0.1) is 29.7 Å². The molecule has 3 heterocycles. The molecule has 0 amide bonds. The summed E-state index contributed by atoms with van der Waals surface area (Å²) in [6, 6.07) is 2.71. The fraction of sp³-hybridized carbons (Fsp3) is 0.450. The highest BCUT2D eigenvalue weighted by Gasteiger charge is 2.31. The van der Waals surface area contributed by atoms with Crippen LogP contribution in [0, 0.1) is 13.8 Å². The van der Waals surface area contributed by atoms with Gasteiger partial charge in [0, 0.05) is 5.56 Å². The molecule has 4 rings (SSSR count). The summed E-state index contributed by atoms with van der Waals surface area (Å²) in [4.78, 5) is 9.10. The fourth-order valence-corrected chi connectivity index (χ4v) is 5.62. The molecule has 0 aliphatic carbocycles. The number of aryl methyl sites for hydroxylation is 2. The molecule has 8 heteroatoms. The third-order valence-electron chi connectivity index (χ3n) is 5.42.